The van der Waals surface area contributed by atoms with Gasteiger partial charge in [0, 0.05) is 23.7 Å². The van der Waals surface area contributed by atoms with Crippen LogP contribution in [0.3, 0.4) is 0 Å². The smallest absolute Gasteiger partial charge is 0.296 e. The molecule has 0 radical (unpaired) electrons. The van der Waals surface area contributed by atoms with Gasteiger partial charge >= 0.3 is 0 Å². The Balaban J connectivity index is 1.61. The zero-order valence-electron chi connectivity index (χ0n) is 17.1. The van der Waals surface area contributed by atoms with Crippen LogP contribution in [-0.4, -0.2) is 27.7 Å². The molecule has 0 bridgehead atoms. The third kappa shape index (κ3) is 3.06. The molecule has 3 aliphatic rings. The lowest BCUT2D eigenvalue weighted by Crippen LogP contribution is -2.43. The van der Waals surface area contributed by atoms with Gasteiger partial charge in [0.05, 0.1) is 22.5 Å². The monoisotopic (exact) mass is 439 g/mol. The minimum Gasteiger partial charge on any atom is -0.483 e. The maximum absolute atomic E-state index is 13.7. The molecule has 5 unspecified atom stereocenters. The number of benzene rings is 1. The SMILES string of the molecule is CC1CC2OC3=C(C(=O)C2CC1C)C(c1ccc([N+](=O)[O-])cc1)N(c1nccs1)C3=O. The topological polar surface area (TPSA) is 103 Å². The normalized spacial score (nSPS) is 30.1. The molecule has 0 N–H and O–H groups in total. The second kappa shape index (κ2) is 7.26. The van der Waals surface area contributed by atoms with Crippen molar-refractivity contribution in [3.05, 3.63) is 62.9 Å². The van der Waals surface area contributed by atoms with Crippen molar-refractivity contribution < 1.29 is 19.2 Å². The molecular weight excluding hydrogens is 418 g/mol. The minimum atomic E-state index is -0.711. The number of hydrogen-bond donors (Lipinski definition) is 0. The van der Waals surface area contributed by atoms with Crippen LogP contribution < -0.4 is 4.90 Å². The number of carbonyl (C=O) groups is 2. The molecule has 1 aliphatic carbocycles. The summed E-state index contributed by atoms with van der Waals surface area (Å²) in [5.74, 6) is 0.183. The number of non-ortho nitro benzene ring substituents is 1. The van der Waals surface area contributed by atoms with E-state index in [1.807, 2.05) is 0 Å². The highest BCUT2D eigenvalue weighted by Gasteiger charge is 2.54. The lowest BCUT2D eigenvalue weighted by Gasteiger charge is -2.40. The first-order valence-corrected chi connectivity index (χ1v) is 11.2. The first-order chi connectivity index (χ1) is 14.9. The Kier molecular flexibility index (Phi) is 4.65. The summed E-state index contributed by atoms with van der Waals surface area (Å²) in [6, 6.07) is 5.26. The first-order valence-electron chi connectivity index (χ1n) is 10.3. The van der Waals surface area contributed by atoms with Gasteiger partial charge in [-0.05, 0) is 42.4 Å². The number of rotatable bonds is 3. The van der Waals surface area contributed by atoms with E-state index in [-0.39, 0.29) is 35.2 Å². The summed E-state index contributed by atoms with van der Waals surface area (Å²) in [5.41, 5.74) is 0.910. The number of ether oxygens (including phenoxy) is 1. The average Bonchev–Trinajstić information content (AvgIpc) is 3.36. The van der Waals surface area contributed by atoms with Crippen LogP contribution in [0.1, 0.15) is 38.3 Å². The van der Waals surface area contributed by atoms with Gasteiger partial charge in [-0.3, -0.25) is 24.6 Å². The van der Waals surface area contributed by atoms with E-state index in [2.05, 4.69) is 18.8 Å². The number of nitro benzene ring substituents is 1. The molecule has 1 saturated carbocycles. The number of Topliss-reactive ketones (excluding diaryl/α,β-unsaturated/α-hetero) is 1. The second-order valence-electron chi connectivity index (χ2n) is 8.54. The van der Waals surface area contributed by atoms with Crippen molar-refractivity contribution in [1.29, 1.82) is 0 Å². The summed E-state index contributed by atoms with van der Waals surface area (Å²) in [6.45, 7) is 4.30. The van der Waals surface area contributed by atoms with Crippen LogP contribution in [0.4, 0.5) is 10.8 Å². The highest BCUT2D eigenvalue weighted by Crippen LogP contribution is 2.50. The van der Waals surface area contributed by atoms with Crippen LogP contribution in [0.5, 0.6) is 0 Å². The van der Waals surface area contributed by atoms with Crippen LogP contribution in [0.15, 0.2) is 47.2 Å². The van der Waals surface area contributed by atoms with Crippen molar-refractivity contribution in [1.82, 2.24) is 4.98 Å². The molecular formula is C22H21N3O5S. The number of hydrogen-bond acceptors (Lipinski definition) is 7. The summed E-state index contributed by atoms with van der Waals surface area (Å²) in [6.07, 6.45) is 2.76. The van der Waals surface area contributed by atoms with E-state index in [0.717, 1.165) is 12.8 Å². The summed E-state index contributed by atoms with van der Waals surface area (Å²) in [5, 5.41) is 13.3. The van der Waals surface area contributed by atoms with Gasteiger partial charge in [-0.15, -0.1) is 11.3 Å². The van der Waals surface area contributed by atoms with Gasteiger partial charge in [0.1, 0.15) is 6.10 Å². The highest BCUT2D eigenvalue weighted by molar-refractivity contribution is 7.13. The molecule has 8 nitrogen and oxygen atoms in total. The fourth-order valence-electron chi connectivity index (χ4n) is 4.89. The quantitative estimate of drug-likeness (QED) is 0.528. The Bertz CT molecular complexity index is 1090. The number of aromatic nitrogens is 1. The maximum Gasteiger partial charge on any atom is 0.296 e. The number of nitrogens with zero attached hydrogens (tertiary/aromatic N) is 3. The van der Waals surface area contributed by atoms with Gasteiger partial charge < -0.3 is 4.74 Å². The molecule has 1 aromatic carbocycles. The Morgan fingerprint density at radius 2 is 1.87 bits per heavy atom. The molecule has 1 amide bonds. The van der Waals surface area contributed by atoms with E-state index in [1.54, 1.807) is 23.7 Å². The van der Waals surface area contributed by atoms with E-state index < -0.39 is 11.0 Å². The molecule has 5 rings (SSSR count). The standard InChI is InChI=1S/C22H21N3O5S/c1-11-9-15-16(10-12(11)2)30-20-17(19(15)26)18(13-3-5-14(6-4-13)25(28)29)24(21(20)27)22-23-7-8-31-22/h3-8,11-12,15-16,18H,9-10H2,1-2H3. The van der Waals surface area contributed by atoms with Crippen LogP contribution in [0.2, 0.25) is 0 Å². The van der Waals surface area contributed by atoms with Gasteiger partial charge in [-0.25, -0.2) is 4.98 Å². The second-order valence-corrected chi connectivity index (χ2v) is 9.41. The van der Waals surface area contributed by atoms with Crippen molar-refractivity contribution in [2.75, 3.05) is 4.90 Å². The van der Waals surface area contributed by atoms with Gasteiger partial charge in [0.2, 0.25) is 0 Å². The molecule has 2 aromatic rings. The van der Waals surface area contributed by atoms with Gasteiger partial charge in [-0.2, -0.15) is 0 Å². The largest absolute Gasteiger partial charge is 0.483 e. The van der Waals surface area contributed by atoms with Crippen molar-refractivity contribution in [2.24, 2.45) is 17.8 Å². The van der Waals surface area contributed by atoms with Crippen molar-refractivity contribution in [2.45, 2.75) is 38.8 Å². The van der Waals surface area contributed by atoms with Gasteiger partial charge in [0.25, 0.3) is 11.6 Å². The van der Waals surface area contributed by atoms with Gasteiger partial charge in [-0.1, -0.05) is 13.8 Å². The Morgan fingerprint density at radius 1 is 1.16 bits per heavy atom. The van der Waals surface area contributed by atoms with Crippen molar-refractivity contribution >= 4 is 33.8 Å². The summed E-state index contributed by atoms with van der Waals surface area (Å²) >= 11 is 1.30. The predicted molar refractivity (Wildman–Crippen MR) is 113 cm³/mol. The number of amides is 1. The van der Waals surface area contributed by atoms with E-state index >= 15 is 0 Å². The Morgan fingerprint density at radius 3 is 2.52 bits per heavy atom. The van der Waals surface area contributed by atoms with Crippen LogP contribution in [0, 0.1) is 27.9 Å². The summed E-state index contributed by atoms with van der Waals surface area (Å²) in [4.78, 5) is 43.5. The van der Waals surface area contributed by atoms with E-state index in [9.17, 15) is 19.7 Å². The van der Waals surface area contributed by atoms with E-state index in [1.165, 1.54) is 28.4 Å². The number of thiazole rings is 1. The van der Waals surface area contributed by atoms with Crippen LogP contribution >= 0.6 is 11.3 Å². The molecule has 3 heterocycles. The molecule has 5 atom stereocenters. The average molecular weight is 439 g/mol. The van der Waals surface area contributed by atoms with Crippen molar-refractivity contribution in [3.8, 4) is 0 Å². The molecule has 9 heteroatoms. The number of anilines is 1. The van der Waals surface area contributed by atoms with Crippen LogP contribution in [-0.2, 0) is 14.3 Å². The number of fused-ring (bicyclic) bond motifs is 1. The lowest BCUT2D eigenvalue weighted by molar-refractivity contribution is -0.384. The minimum absolute atomic E-state index is 0.0514. The maximum atomic E-state index is 13.7. The number of nitro groups is 1. The summed E-state index contributed by atoms with van der Waals surface area (Å²) in [7, 11) is 0. The third-order valence-electron chi connectivity index (χ3n) is 6.76. The molecule has 31 heavy (non-hydrogen) atoms. The molecule has 160 valence electrons. The molecule has 0 saturated heterocycles. The predicted octanol–water partition coefficient (Wildman–Crippen LogP) is 4.04. The highest BCUT2D eigenvalue weighted by atomic mass is 32.1. The van der Waals surface area contributed by atoms with Gasteiger partial charge in [0.15, 0.2) is 16.7 Å². The third-order valence-corrected chi connectivity index (χ3v) is 7.53. The van der Waals surface area contributed by atoms with Crippen molar-refractivity contribution in [3.63, 3.8) is 0 Å². The molecule has 1 fully saturated rings. The fraction of sp³-hybridized carbons (Fsp3) is 0.409. The van der Waals surface area contributed by atoms with E-state index in [0.29, 0.717) is 28.1 Å². The molecule has 0 spiro atoms. The number of carbonyl (C=O) groups excluding carboxylic acids is 2. The number of ketones is 1. The Hall–Kier alpha value is -3.07. The molecule has 1 aromatic heterocycles. The lowest BCUT2D eigenvalue weighted by atomic mass is 9.70. The molecule has 2 aliphatic heterocycles. The van der Waals surface area contributed by atoms with E-state index in [4.69, 9.17) is 4.74 Å². The zero-order chi connectivity index (χ0) is 21.9. The zero-order valence-corrected chi connectivity index (χ0v) is 17.9. The summed E-state index contributed by atoms with van der Waals surface area (Å²) < 4.78 is 6.19. The van der Waals surface area contributed by atoms with Crippen LogP contribution in [0.25, 0.3) is 0 Å². The first kappa shape index (κ1) is 19.9. The fourth-order valence-corrected chi connectivity index (χ4v) is 5.55. The Labute approximate surface area is 182 Å².